The number of nitrogens with one attached hydrogen (secondary N) is 1. The molecule has 0 aliphatic rings. The van der Waals surface area contributed by atoms with Gasteiger partial charge in [0.05, 0.1) is 18.6 Å². The van der Waals surface area contributed by atoms with Crippen LogP contribution in [0.1, 0.15) is 10.4 Å². The Kier molecular flexibility index (Phi) is 6.32. The highest BCUT2D eigenvalue weighted by Crippen LogP contribution is 2.30. The minimum atomic E-state index is -5.44. The fourth-order valence-electron chi connectivity index (χ4n) is 2.05. The van der Waals surface area contributed by atoms with Crippen molar-refractivity contribution in [1.29, 1.82) is 0 Å². The maximum Gasteiger partial charge on any atom is 0.501 e. The van der Waals surface area contributed by atoms with Gasteiger partial charge in [0.25, 0.3) is 15.7 Å². The van der Waals surface area contributed by atoms with Crippen molar-refractivity contribution in [2.45, 2.75) is 10.4 Å². The molecule has 0 fully saturated rings. The number of hydrogen-bond acceptors (Lipinski definition) is 5. The Morgan fingerprint density at radius 2 is 1.70 bits per heavy atom. The topological polar surface area (TPSA) is 81.7 Å². The molecule has 0 bridgehead atoms. The standard InChI is InChI=1S/C17H16F3NO5S/c1-25-13-3-2-4-14(11-13)26-10-9-21-16(22)12-5-7-15(8-6-12)27(23,24)17(18,19)20/h2-8,11H,9-10H2,1H3,(H,21,22). The first kappa shape index (κ1) is 20.6. The first-order chi connectivity index (χ1) is 12.6. The normalized spacial score (nSPS) is 11.7. The van der Waals surface area contributed by atoms with Crippen LogP contribution in [0.15, 0.2) is 53.4 Å². The fraction of sp³-hybridized carbons (Fsp3) is 0.235. The summed E-state index contributed by atoms with van der Waals surface area (Å²) in [5.41, 5.74) is -5.37. The molecule has 0 atom stereocenters. The van der Waals surface area contributed by atoms with Crippen molar-refractivity contribution in [3.63, 3.8) is 0 Å². The lowest BCUT2D eigenvalue weighted by molar-refractivity contribution is -0.0436. The predicted octanol–water partition coefficient (Wildman–Crippen LogP) is 2.80. The van der Waals surface area contributed by atoms with E-state index in [9.17, 15) is 26.4 Å². The third-order valence-corrected chi connectivity index (χ3v) is 4.93. The van der Waals surface area contributed by atoms with Crippen LogP contribution >= 0.6 is 0 Å². The van der Waals surface area contributed by atoms with Crippen LogP contribution in [0.25, 0.3) is 0 Å². The molecule has 0 radical (unpaired) electrons. The fourth-order valence-corrected chi connectivity index (χ4v) is 2.81. The minimum absolute atomic E-state index is 0.0255. The number of benzene rings is 2. The second kappa shape index (κ2) is 8.30. The van der Waals surface area contributed by atoms with Crippen molar-refractivity contribution in [2.24, 2.45) is 0 Å². The van der Waals surface area contributed by atoms with Gasteiger partial charge in [0.2, 0.25) is 0 Å². The number of rotatable bonds is 7. The Labute approximate surface area is 153 Å². The summed E-state index contributed by atoms with van der Waals surface area (Å²) in [6.07, 6.45) is 0. The Bertz CT molecular complexity index is 896. The maximum atomic E-state index is 12.5. The van der Waals surface area contributed by atoms with Crippen LogP contribution in [0.3, 0.4) is 0 Å². The molecule has 0 saturated heterocycles. The van der Waals surface area contributed by atoms with Crippen molar-refractivity contribution < 1.29 is 35.9 Å². The zero-order valence-corrected chi connectivity index (χ0v) is 14.9. The van der Waals surface area contributed by atoms with Crippen LogP contribution in [-0.4, -0.2) is 40.1 Å². The molecular formula is C17H16F3NO5S. The highest BCUT2D eigenvalue weighted by Gasteiger charge is 2.46. The van der Waals surface area contributed by atoms with Gasteiger partial charge in [-0.3, -0.25) is 4.79 Å². The molecule has 0 unspecified atom stereocenters. The molecule has 6 nitrogen and oxygen atoms in total. The molecule has 1 N–H and O–H groups in total. The van der Waals surface area contributed by atoms with E-state index in [1.165, 1.54) is 7.11 Å². The number of sulfone groups is 1. The molecule has 0 aliphatic heterocycles. The van der Waals surface area contributed by atoms with Crippen LogP contribution in [0, 0.1) is 0 Å². The van der Waals surface area contributed by atoms with E-state index >= 15 is 0 Å². The molecule has 2 aromatic rings. The van der Waals surface area contributed by atoms with Crippen LogP contribution < -0.4 is 14.8 Å². The summed E-state index contributed by atoms with van der Waals surface area (Å²) in [5, 5.41) is 2.52. The molecule has 0 spiro atoms. The average molecular weight is 403 g/mol. The van der Waals surface area contributed by atoms with Gasteiger partial charge in [-0.2, -0.15) is 13.2 Å². The molecule has 2 aromatic carbocycles. The highest BCUT2D eigenvalue weighted by atomic mass is 32.2. The molecule has 0 heterocycles. The van der Waals surface area contributed by atoms with E-state index in [4.69, 9.17) is 9.47 Å². The van der Waals surface area contributed by atoms with E-state index < -0.39 is 26.1 Å². The van der Waals surface area contributed by atoms with Crippen molar-refractivity contribution in [3.8, 4) is 11.5 Å². The van der Waals surface area contributed by atoms with Crippen LogP contribution in [-0.2, 0) is 9.84 Å². The van der Waals surface area contributed by atoms with E-state index in [1.807, 2.05) is 0 Å². The maximum absolute atomic E-state index is 12.5. The van der Waals surface area contributed by atoms with Crippen molar-refractivity contribution >= 4 is 15.7 Å². The van der Waals surface area contributed by atoms with Gasteiger partial charge in [0, 0.05) is 11.6 Å². The SMILES string of the molecule is COc1cccc(OCCNC(=O)c2ccc(S(=O)(=O)C(F)(F)F)cc2)c1. The first-order valence-corrected chi connectivity index (χ1v) is 9.10. The van der Waals surface area contributed by atoms with E-state index in [-0.39, 0.29) is 18.7 Å². The van der Waals surface area contributed by atoms with Gasteiger partial charge in [-0.1, -0.05) is 6.07 Å². The zero-order valence-electron chi connectivity index (χ0n) is 14.1. The quantitative estimate of drug-likeness (QED) is 0.719. The Balaban J connectivity index is 1.89. The third kappa shape index (κ3) is 5.13. The van der Waals surface area contributed by atoms with E-state index in [1.54, 1.807) is 24.3 Å². The third-order valence-electron chi connectivity index (χ3n) is 3.43. The summed E-state index contributed by atoms with van der Waals surface area (Å²) in [6.45, 7) is 0.290. The second-order valence-corrected chi connectivity index (χ2v) is 7.20. The Morgan fingerprint density at radius 3 is 2.30 bits per heavy atom. The number of carbonyl (C=O) groups is 1. The average Bonchev–Trinajstić information content (AvgIpc) is 2.64. The largest absolute Gasteiger partial charge is 0.501 e. The number of methoxy groups -OCH3 is 1. The van der Waals surface area contributed by atoms with Crippen LogP contribution in [0.2, 0.25) is 0 Å². The highest BCUT2D eigenvalue weighted by molar-refractivity contribution is 7.92. The number of ether oxygens (including phenoxy) is 2. The summed E-state index contributed by atoms with van der Waals surface area (Å²) in [6, 6.07) is 10.4. The van der Waals surface area contributed by atoms with Gasteiger partial charge in [-0.15, -0.1) is 0 Å². The lowest BCUT2D eigenvalue weighted by atomic mass is 10.2. The number of carbonyl (C=O) groups excluding carboxylic acids is 1. The summed E-state index contributed by atoms with van der Waals surface area (Å²) < 4.78 is 70.5. The van der Waals surface area contributed by atoms with E-state index in [0.29, 0.717) is 11.5 Å². The second-order valence-electron chi connectivity index (χ2n) is 5.26. The smallest absolute Gasteiger partial charge is 0.497 e. The Hall–Kier alpha value is -2.75. The molecule has 27 heavy (non-hydrogen) atoms. The first-order valence-electron chi connectivity index (χ1n) is 7.61. The van der Waals surface area contributed by atoms with Crippen molar-refractivity contribution in [1.82, 2.24) is 5.32 Å². The molecule has 2 rings (SSSR count). The number of alkyl halides is 3. The summed E-state index contributed by atoms with van der Waals surface area (Å²) in [5.74, 6) is 0.593. The van der Waals surface area contributed by atoms with Gasteiger partial charge in [-0.05, 0) is 36.4 Å². The van der Waals surface area contributed by atoms with Gasteiger partial charge in [0.1, 0.15) is 18.1 Å². The monoisotopic (exact) mass is 403 g/mol. The van der Waals surface area contributed by atoms with E-state index in [0.717, 1.165) is 24.3 Å². The van der Waals surface area contributed by atoms with Gasteiger partial charge in [-0.25, -0.2) is 8.42 Å². The molecule has 146 valence electrons. The van der Waals surface area contributed by atoms with Crippen molar-refractivity contribution in [3.05, 3.63) is 54.1 Å². The molecule has 0 saturated carbocycles. The summed E-state index contributed by atoms with van der Waals surface area (Å²) >= 11 is 0. The van der Waals surface area contributed by atoms with Gasteiger partial charge in [0.15, 0.2) is 0 Å². The van der Waals surface area contributed by atoms with Crippen LogP contribution in [0.5, 0.6) is 11.5 Å². The number of hydrogen-bond donors (Lipinski definition) is 1. The summed E-state index contributed by atoms with van der Waals surface area (Å²) in [4.78, 5) is 11.0. The molecule has 0 aliphatic carbocycles. The van der Waals surface area contributed by atoms with Gasteiger partial charge >= 0.3 is 5.51 Å². The lowest BCUT2D eigenvalue weighted by Crippen LogP contribution is -2.28. The molecule has 1 amide bonds. The minimum Gasteiger partial charge on any atom is -0.497 e. The van der Waals surface area contributed by atoms with E-state index in [2.05, 4.69) is 5.32 Å². The molecular weight excluding hydrogens is 387 g/mol. The van der Waals surface area contributed by atoms with Gasteiger partial charge < -0.3 is 14.8 Å². The number of amides is 1. The lowest BCUT2D eigenvalue weighted by Gasteiger charge is -2.10. The molecule has 10 heteroatoms. The van der Waals surface area contributed by atoms with Crippen molar-refractivity contribution in [2.75, 3.05) is 20.3 Å². The summed E-state index contributed by atoms with van der Waals surface area (Å²) in [7, 11) is -3.92. The predicted molar refractivity (Wildman–Crippen MR) is 90.5 cm³/mol. The molecule has 0 aromatic heterocycles. The zero-order chi connectivity index (χ0) is 20.1. The Morgan fingerprint density at radius 1 is 1.07 bits per heavy atom. The number of halogens is 3. The van der Waals surface area contributed by atoms with Crippen LogP contribution in [0.4, 0.5) is 13.2 Å².